The summed E-state index contributed by atoms with van der Waals surface area (Å²) in [5, 5.41) is 3.84. The molecule has 3 aromatic rings. The minimum atomic E-state index is -2.89. The molecule has 0 saturated heterocycles. The molecular weight excluding hydrogens is 417 g/mol. The second-order valence-corrected chi connectivity index (χ2v) is 9.19. The Labute approximate surface area is 183 Å². The average molecular weight is 442 g/mol. The maximum Gasteiger partial charge on any atom is 0.266 e. The van der Waals surface area contributed by atoms with E-state index < -0.39 is 23.8 Å². The van der Waals surface area contributed by atoms with Gasteiger partial charge < -0.3 is 9.88 Å². The predicted octanol–water partition coefficient (Wildman–Crippen LogP) is 5.64. The van der Waals surface area contributed by atoms with Crippen molar-refractivity contribution in [2.45, 2.75) is 64.0 Å². The van der Waals surface area contributed by atoms with Crippen molar-refractivity contribution in [3.05, 3.63) is 63.6 Å². The Morgan fingerprint density at radius 1 is 1.19 bits per heavy atom. The van der Waals surface area contributed by atoms with Gasteiger partial charge in [-0.2, -0.15) is 0 Å². The van der Waals surface area contributed by atoms with Crippen LogP contribution in [0.25, 0.3) is 10.9 Å². The molecular formula is C24H25F3N4O. The lowest BCUT2D eigenvalue weighted by atomic mass is 9.93. The van der Waals surface area contributed by atoms with E-state index in [4.69, 9.17) is 0 Å². The summed E-state index contributed by atoms with van der Waals surface area (Å²) in [4.78, 5) is 21.9. The van der Waals surface area contributed by atoms with Gasteiger partial charge in [-0.3, -0.25) is 4.79 Å². The third kappa shape index (κ3) is 3.36. The Morgan fingerprint density at radius 2 is 1.91 bits per heavy atom. The van der Waals surface area contributed by atoms with E-state index in [1.54, 1.807) is 13.8 Å². The molecule has 5 nitrogen and oxygen atoms in total. The second kappa shape index (κ2) is 7.60. The van der Waals surface area contributed by atoms with Crippen molar-refractivity contribution in [1.29, 1.82) is 0 Å². The van der Waals surface area contributed by atoms with Crippen LogP contribution in [0.2, 0.25) is 0 Å². The Kier molecular flexibility index (Phi) is 4.98. The maximum absolute atomic E-state index is 14.7. The first-order valence-electron chi connectivity index (χ1n) is 11.0. The van der Waals surface area contributed by atoms with Gasteiger partial charge in [-0.05, 0) is 51.9 Å². The molecule has 1 atom stereocenters. The summed E-state index contributed by atoms with van der Waals surface area (Å²) < 4.78 is 42.8. The van der Waals surface area contributed by atoms with E-state index in [0.717, 1.165) is 38.2 Å². The Morgan fingerprint density at radius 3 is 2.56 bits per heavy atom. The summed E-state index contributed by atoms with van der Waals surface area (Å²) in [6, 6.07) is 4.93. The van der Waals surface area contributed by atoms with E-state index >= 15 is 0 Å². The number of nitrogens with one attached hydrogen (secondary N) is 1. The fraction of sp³-hybridized carbons (Fsp3) is 0.458. The average Bonchev–Trinajstić information content (AvgIpc) is 3.35. The summed E-state index contributed by atoms with van der Waals surface area (Å²) in [5.74, 6) is 0.677. The molecule has 1 aromatic carbocycles. The summed E-state index contributed by atoms with van der Waals surface area (Å²) in [6.45, 7) is 3.42. The SMILES string of the molecule is Cc1nc(N[C@H](C)c2cccc(C(F)F)c2F)c2cn(C34CCC(CC3)C4)c(=O)cc2n1. The molecule has 2 aromatic heterocycles. The molecule has 32 heavy (non-hydrogen) atoms. The van der Waals surface area contributed by atoms with E-state index in [0.29, 0.717) is 28.5 Å². The van der Waals surface area contributed by atoms with Crippen LogP contribution in [0, 0.1) is 18.7 Å². The minimum absolute atomic E-state index is 0.0761. The summed E-state index contributed by atoms with van der Waals surface area (Å²) >= 11 is 0. The van der Waals surface area contributed by atoms with Gasteiger partial charge in [0.2, 0.25) is 0 Å². The van der Waals surface area contributed by atoms with Crippen LogP contribution < -0.4 is 10.9 Å². The highest BCUT2D eigenvalue weighted by Gasteiger charge is 2.46. The summed E-state index contributed by atoms with van der Waals surface area (Å²) in [7, 11) is 0. The highest BCUT2D eigenvalue weighted by Crippen LogP contribution is 2.52. The van der Waals surface area contributed by atoms with Crippen molar-refractivity contribution in [2.75, 3.05) is 5.32 Å². The summed E-state index contributed by atoms with van der Waals surface area (Å²) in [6.07, 6.45) is 4.19. The van der Waals surface area contributed by atoms with Crippen molar-refractivity contribution in [2.24, 2.45) is 5.92 Å². The quantitative estimate of drug-likeness (QED) is 0.556. The number of halogens is 3. The van der Waals surface area contributed by atoms with Gasteiger partial charge in [0.15, 0.2) is 0 Å². The van der Waals surface area contributed by atoms with E-state index in [1.165, 1.54) is 18.2 Å². The van der Waals surface area contributed by atoms with Crippen molar-refractivity contribution < 1.29 is 13.2 Å². The van der Waals surface area contributed by atoms with Gasteiger partial charge >= 0.3 is 0 Å². The Balaban J connectivity index is 1.58. The van der Waals surface area contributed by atoms with Crippen LogP contribution in [-0.2, 0) is 5.54 Å². The molecule has 2 fully saturated rings. The molecule has 0 amide bonds. The first-order chi connectivity index (χ1) is 15.3. The Bertz CT molecular complexity index is 1250. The third-order valence-corrected chi connectivity index (χ3v) is 7.17. The van der Waals surface area contributed by atoms with Crippen LogP contribution in [0.4, 0.5) is 19.0 Å². The lowest BCUT2D eigenvalue weighted by Gasteiger charge is -2.30. The molecule has 168 valence electrons. The predicted molar refractivity (Wildman–Crippen MR) is 116 cm³/mol. The lowest BCUT2D eigenvalue weighted by Crippen LogP contribution is -2.37. The highest BCUT2D eigenvalue weighted by molar-refractivity contribution is 5.88. The number of aryl methyl sites for hydroxylation is 1. The zero-order chi connectivity index (χ0) is 22.6. The number of benzene rings is 1. The van der Waals surface area contributed by atoms with E-state index in [-0.39, 0.29) is 16.7 Å². The van der Waals surface area contributed by atoms with E-state index in [9.17, 15) is 18.0 Å². The van der Waals surface area contributed by atoms with Gasteiger partial charge in [-0.15, -0.1) is 0 Å². The number of alkyl halides is 2. The molecule has 0 radical (unpaired) electrons. The monoisotopic (exact) mass is 442 g/mol. The molecule has 5 rings (SSSR count). The first-order valence-corrected chi connectivity index (χ1v) is 11.0. The molecule has 2 heterocycles. The van der Waals surface area contributed by atoms with Crippen LogP contribution in [0.5, 0.6) is 0 Å². The van der Waals surface area contributed by atoms with E-state index in [1.807, 2.05) is 10.8 Å². The van der Waals surface area contributed by atoms with Crippen molar-refractivity contribution in [1.82, 2.24) is 14.5 Å². The molecule has 8 heteroatoms. The van der Waals surface area contributed by atoms with Crippen LogP contribution in [-0.4, -0.2) is 14.5 Å². The van der Waals surface area contributed by atoms with Crippen molar-refractivity contribution in [3.8, 4) is 0 Å². The van der Waals surface area contributed by atoms with Gasteiger partial charge in [0.05, 0.1) is 22.5 Å². The fourth-order valence-corrected chi connectivity index (χ4v) is 5.55. The standard InChI is InChI=1S/C24H25F3N4O/c1-13(16-4-3-5-17(21(16)25)22(26)27)28-23-18-12-31(24-8-6-15(11-24)7-9-24)20(32)10-19(18)29-14(2)30-23/h3-5,10,12-13,15,22H,6-9,11H2,1-2H3,(H,28,29,30)/t13-,15?,24?/m1/s1. The fourth-order valence-electron chi connectivity index (χ4n) is 5.55. The number of rotatable bonds is 5. The number of hydrogen-bond donors (Lipinski definition) is 1. The molecule has 1 N–H and O–H groups in total. The Hall–Kier alpha value is -2.90. The van der Waals surface area contributed by atoms with Crippen molar-refractivity contribution in [3.63, 3.8) is 0 Å². The van der Waals surface area contributed by atoms with E-state index in [2.05, 4.69) is 15.3 Å². The first kappa shape index (κ1) is 21.0. The number of anilines is 1. The smallest absolute Gasteiger partial charge is 0.266 e. The highest BCUT2D eigenvalue weighted by atomic mass is 19.3. The third-order valence-electron chi connectivity index (χ3n) is 7.17. The number of aromatic nitrogens is 3. The van der Waals surface area contributed by atoms with Gasteiger partial charge in [-0.1, -0.05) is 18.2 Å². The normalized spacial score (nSPS) is 23.2. The zero-order valence-electron chi connectivity index (χ0n) is 18.0. The van der Waals surface area contributed by atoms with Gasteiger partial charge in [-0.25, -0.2) is 23.1 Å². The number of nitrogens with zero attached hydrogens (tertiary/aromatic N) is 3. The number of hydrogen-bond acceptors (Lipinski definition) is 4. The number of pyridine rings is 1. The molecule has 2 aliphatic carbocycles. The molecule has 0 aliphatic heterocycles. The van der Waals surface area contributed by atoms with Crippen LogP contribution in [0.15, 0.2) is 35.3 Å². The molecule has 2 saturated carbocycles. The van der Waals surface area contributed by atoms with Crippen LogP contribution in [0.1, 0.15) is 68.4 Å². The van der Waals surface area contributed by atoms with Crippen molar-refractivity contribution >= 4 is 16.7 Å². The second-order valence-electron chi connectivity index (χ2n) is 9.19. The van der Waals surface area contributed by atoms with Gasteiger partial charge in [0, 0.05) is 23.4 Å². The van der Waals surface area contributed by atoms with Crippen LogP contribution in [0.3, 0.4) is 0 Å². The topological polar surface area (TPSA) is 59.8 Å². The largest absolute Gasteiger partial charge is 0.363 e. The molecule has 0 unspecified atom stereocenters. The molecule has 0 spiro atoms. The minimum Gasteiger partial charge on any atom is -0.363 e. The number of fused-ring (bicyclic) bond motifs is 3. The summed E-state index contributed by atoms with van der Waals surface area (Å²) in [5.41, 5.74) is -0.202. The van der Waals surface area contributed by atoms with Gasteiger partial charge in [0.1, 0.15) is 17.5 Å². The van der Waals surface area contributed by atoms with Crippen LogP contribution >= 0.6 is 0 Å². The zero-order valence-corrected chi connectivity index (χ0v) is 18.0. The molecule has 2 bridgehead atoms. The maximum atomic E-state index is 14.7. The lowest BCUT2D eigenvalue weighted by molar-refractivity contribution is 0.146. The van der Waals surface area contributed by atoms with Gasteiger partial charge in [0.25, 0.3) is 12.0 Å². The molecule has 2 aliphatic rings.